The Morgan fingerprint density at radius 3 is 2.85 bits per heavy atom. The van der Waals surface area contributed by atoms with Crippen LogP contribution in [0.25, 0.3) is 0 Å². The minimum atomic E-state index is -2.97. The molecule has 0 atom stereocenters. The van der Waals surface area contributed by atoms with Gasteiger partial charge in [0.1, 0.15) is 5.82 Å². The molecule has 2 rings (SSSR count). The van der Waals surface area contributed by atoms with Crippen molar-refractivity contribution < 1.29 is 27.8 Å². The van der Waals surface area contributed by atoms with E-state index >= 15 is 0 Å². The molecule has 1 aromatic carbocycles. The molecule has 0 aliphatic carbocycles. The van der Waals surface area contributed by atoms with E-state index in [2.05, 4.69) is 19.9 Å². The molecular formula is C15H15F3N4O3S. The first-order valence-electron chi connectivity index (χ1n) is 7.44. The van der Waals surface area contributed by atoms with Crippen molar-refractivity contribution >= 4 is 29.1 Å². The highest BCUT2D eigenvalue weighted by Gasteiger charge is 2.18. The van der Waals surface area contributed by atoms with E-state index in [0.717, 1.165) is 11.8 Å². The summed E-state index contributed by atoms with van der Waals surface area (Å²) in [5.41, 5.74) is 2.71. The van der Waals surface area contributed by atoms with Crippen LogP contribution in [-0.2, 0) is 4.79 Å². The Labute approximate surface area is 150 Å². The number of hydrogen-bond donors (Lipinski definition) is 2. The van der Waals surface area contributed by atoms with Gasteiger partial charge in [0.2, 0.25) is 0 Å². The van der Waals surface area contributed by atoms with E-state index in [1.807, 2.05) is 5.48 Å². The second kappa shape index (κ2) is 9.34. The lowest BCUT2D eigenvalue weighted by molar-refractivity contribution is -0.129. The summed E-state index contributed by atoms with van der Waals surface area (Å²) in [5.74, 6) is -1.27. The summed E-state index contributed by atoms with van der Waals surface area (Å²) in [7, 11) is 0. The first-order valence-corrected chi connectivity index (χ1v) is 8.42. The number of amidine groups is 1. The SMILES string of the molecule is Cc1cc(N=C(NO)c2nonc2SCCCC(=O)C(F)F)ccc1F. The van der Waals surface area contributed by atoms with Crippen LogP contribution in [0, 0.1) is 12.7 Å². The van der Waals surface area contributed by atoms with Gasteiger partial charge in [-0.25, -0.2) is 22.8 Å². The average molecular weight is 388 g/mol. The molecule has 11 heteroatoms. The molecule has 0 aliphatic heterocycles. The highest BCUT2D eigenvalue weighted by atomic mass is 32.2. The molecule has 2 N–H and O–H groups in total. The monoisotopic (exact) mass is 388 g/mol. The first kappa shape index (κ1) is 19.9. The average Bonchev–Trinajstić information content (AvgIpc) is 3.07. The van der Waals surface area contributed by atoms with Gasteiger partial charge < -0.3 is 0 Å². The summed E-state index contributed by atoms with van der Waals surface area (Å²) in [4.78, 5) is 15.0. The second-order valence-electron chi connectivity index (χ2n) is 5.14. The lowest BCUT2D eigenvalue weighted by Crippen LogP contribution is -2.21. The van der Waals surface area contributed by atoms with Gasteiger partial charge in [-0.3, -0.25) is 15.5 Å². The van der Waals surface area contributed by atoms with Gasteiger partial charge in [0.05, 0.1) is 5.69 Å². The van der Waals surface area contributed by atoms with Gasteiger partial charge in [0.15, 0.2) is 22.3 Å². The minimum Gasteiger partial charge on any atom is -0.293 e. The van der Waals surface area contributed by atoms with Gasteiger partial charge in [0, 0.05) is 12.2 Å². The van der Waals surface area contributed by atoms with Crippen molar-refractivity contribution in [3.05, 3.63) is 35.3 Å². The molecule has 26 heavy (non-hydrogen) atoms. The molecule has 1 aromatic heterocycles. The fraction of sp³-hybridized carbons (Fsp3) is 0.333. The topological polar surface area (TPSA) is 101 Å². The van der Waals surface area contributed by atoms with E-state index in [1.165, 1.54) is 18.2 Å². The number of nitrogens with zero attached hydrogens (tertiary/aromatic N) is 3. The predicted molar refractivity (Wildman–Crippen MR) is 87.5 cm³/mol. The highest BCUT2D eigenvalue weighted by Crippen LogP contribution is 2.23. The van der Waals surface area contributed by atoms with Crippen molar-refractivity contribution in [1.82, 2.24) is 15.8 Å². The second-order valence-corrected chi connectivity index (χ2v) is 6.23. The summed E-state index contributed by atoms with van der Waals surface area (Å²) in [6.45, 7) is 1.57. The number of halogens is 3. The number of benzene rings is 1. The van der Waals surface area contributed by atoms with Crippen LogP contribution in [0.4, 0.5) is 18.9 Å². The lowest BCUT2D eigenvalue weighted by Gasteiger charge is -2.04. The number of nitrogens with one attached hydrogen (secondary N) is 1. The minimum absolute atomic E-state index is 0.0802. The molecule has 1 heterocycles. The molecular weight excluding hydrogens is 373 g/mol. The number of thioether (sulfide) groups is 1. The fourth-order valence-corrected chi connectivity index (χ4v) is 2.74. The van der Waals surface area contributed by atoms with Gasteiger partial charge in [-0.2, -0.15) is 0 Å². The molecule has 0 bridgehead atoms. The van der Waals surface area contributed by atoms with E-state index in [-0.39, 0.29) is 35.2 Å². The molecule has 0 aliphatic rings. The zero-order valence-electron chi connectivity index (χ0n) is 13.6. The van der Waals surface area contributed by atoms with Gasteiger partial charge in [-0.1, -0.05) is 0 Å². The number of aliphatic imine (C=N–C) groups is 1. The van der Waals surface area contributed by atoms with Gasteiger partial charge >= 0.3 is 0 Å². The van der Waals surface area contributed by atoms with Crippen molar-refractivity contribution in [3.63, 3.8) is 0 Å². The molecule has 0 amide bonds. The number of aromatic nitrogens is 2. The van der Waals surface area contributed by atoms with Crippen LogP contribution in [0.2, 0.25) is 0 Å². The third-order valence-corrected chi connectivity index (χ3v) is 4.25. The number of aryl methyl sites for hydroxylation is 1. The number of ketones is 1. The van der Waals surface area contributed by atoms with Crippen molar-refractivity contribution in [2.75, 3.05) is 5.75 Å². The fourth-order valence-electron chi connectivity index (χ4n) is 1.90. The number of alkyl halides is 2. The Hall–Kier alpha value is -2.40. The standard InChI is InChI=1S/C15H15F3N4O3S/c1-8-7-9(4-5-10(8)16)19-14(20-24)12-15(22-25-21-12)26-6-2-3-11(23)13(17)18/h4-5,7,13,24H,2-3,6H2,1H3,(H,19,20). The van der Waals surface area contributed by atoms with Crippen LogP contribution in [0.1, 0.15) is 24.1 Å². The van der Waals surface area contributed by atoms with Gasteiger partial charge in [-0.05, 0) is 47.4 Å². The summed E-state index contributed by atoms with van der Waals surface area (Å²) in [6, 6.07) is 4.12. The van der Waals surface area contributed by atoms with Crippen LogP contribution in [0.15, 0.2) is 32.8 Å². The maximum atomic E-state index is 13.3. The lowest BCUT2D eigenvalue weighted by atomic mass is 10.2. The molecule has 0 radical (unpaired) electrons. The van der Waals surface area contributed by atoms with Crippen molar-refractivity contribution in [1.29, 1.82) is 0 Å². The molecule has 0 saturated heterocycles. The summed E-state index contributed by atoms with van der Waals surface area (Å²) < 4.78 is 42.2. The van der Waals surface area contributed by atoms with Crippen molar-refractivity contribution in [3.8, 4) is 0 Å². The van der Waals surface area contributed by atoms with Gasteiger partial charge in [-0.15, -0.1) is 11.8 Å². The maximum absolute atomic E-state index is 13.3. The number of hydroxylamine groups is 1. The normalized spacial score (nSPS) is 11.8. The molecule has 0 unspecified atom stereocenters. The van der Waals surface area contributed by atoms with Crippen LogP contribution in [-0.4, -0.2) is 39.3 Å². The van der Waals surface area contributed by atoms with Crippen molar-refractivity contribution in [2.45, 2.75) is 31.2 Å². The van der Waals surface area contributed by atoms with Crippen LogP contribution in [0.5, 0.6) is 0 Å². The van der Waals surface area contributed by atoms with E-state index in [9.17, 15) is 23.2 Å². The molecule has 140 valence electrons. The van der Waals surface area contributed by atoms with Crippen molar-refractivity contribution in [2.24, 2.45) is 4.99 Å². The Kier molecular flexibility index (Phi) is 7.16. The zero-order chi connectivity index (χ0) is 19.1. The maximum Gasteiger partial charge on any atom is 0.295 e. The summed E-state index contributed by atoms with van der Waals surface area (Å²) >= 11 is 1.11. The molecule has 2 aromatic rings. The Morgan fingerprint density at radius 1 is 1.42 bits per heavy atom. The molecule has 0 spiro atoms. The number of Topliss-reactive ketones (excluding diaryl/α,β-unsaturated/α-hetero) is 1. The summed E-state index contributed by atoms with van der Waals surface area (Å²) in [5, 5.41) is 16.9. The third-order valence-electron chi connectivity index (χ3n) is 3.22. The Bertz CT molecular complexity index is 798. The largest absolute Gasteiger partial charge is 0.295 e. The van der Waals surface area contributed by atoms with E-state index in [4.69, 9.17) is 0 Å². The molecule has 7 nitrogen and oxygen atoms in total. The number of rotatable bonds is 8. The smallest absolute Gasteiger partial charge is 0.293 e. The van der Waals surface area contributed by atoms with Crippen LogP contribution < -0.4 is 5.48 Å². The van der Waals surface area contributed by atoms with Crippen LogP contribution in [0.3, 0.4) is 0 Å². The zero-order valence-corrected chi connectivity index (χ0v) is 14.4. The van der Waals surface area contributed by atoms with E-state index in [1.54, 1.807) is 6.92 Å². The number of carbonyl (C=O) groups is 1. The molecule has 0 saturated carbocycles. The highest BCUT2D eigenvalue weighted by molar-refractivity contribution is 7.99. The van der Waals surface area contributed by atoms with Crippen LogP contribution >= 0.6 is 11.8 Å². The van der Waals surface area contributed by atoms with E-state index in [0.29, 0.717) is 17.0 Å². The third kappa shape index (κ3) is 5.30. The molecule has 0 fully saturated rings. The summed E-state index contributed by atoms with van der Waals surface area (Å²) in [6.07, 6.45) is -3.00. The number of hydrogen-bond acceptors (Lipinski definition) is 7. The Balaban J connectivity index is 2.07. The quantitative estimate of drug-likeness (QED) is 0.235. The Morgan fingerprint density at radius 2 is 2.19 bits per heavy atom. The van der Waals surface area contributed by atoms with Gasteiger partial charge in [0.25, 0.3) is 6.43 Å². The predicted octanol–water partition coefficient (Wildman–Crippen LogP) is 3.28. The van der Waals surface area contributed by atoms with E-state index < -0.39 is 12.2 Å². The number of carbonyl (C=O) groups excluding carboxylic acids is 1. The first-order chi connectivity index (χ1) is 12.4.